The molecule has 0 saturated carbocycles. The summed E-state index contributed by atoms with van der Waals surface area (Å²) in [4.78, 5) is 23.1. The van der Waals surface area contributed by atoms with Crippen molar-refractivity contribution in [1.29, 1.82) is 0 Å². The van der Waals surface area contributed by atoms with E-state index in [1.807, 2.05) is 24.3 Å². The fraction of sp³-hybridized carbons (Fsp3) is 0.529. The molecular weight excluding hydrogens is 252 g/mol. The molecule has 1 aromatic rings. The molecular formula is C17H24O3. The molecule has 0 heterocycles. The van der Waals surface area contributed by atoms with Gasteiger partial charge in [0.05, 0.1) is 6.61 Å². The van der Waals surface area contributed by atoms with E-state index in [2.05, 4.69) is 13.8 Å². The molecule has 0 amide bonds. The van der Waals surface area contributed by atoms with Gasteiger partial charge in [-0.2, -0.15) is 0 Å². The van der Waals surface area contributed by atoms with Crippen molar-refractivity contribution in [3.05, 3.63) is 35.4 Å². The molecule has 0 aliphatic carbocycles. The number of Topliss-reactive ketones (excluding diaryl/α,β-unsaturated/α-hetero) is 1. The highest BCUT2D eigenvalue weighted by Crippen LogP contribution is 2.16. The van der Waals surface area contributed by atoms with Gasteiger partial charge in [-0.15, -0.1) is 0 Å². The zero-order valence-corrected chi connectivity index (χ0v) is 12.6. The Labute approximate surface area is 121 Å². The zero-order chi connectivity index (χ0) is 15.0. The Morgan fingerprint density at radius 2 is 1.65 bits per heavy atom. The third kappa shape index (κ3) is 5.55. The quantitative estimate of drug-likeness (QED) is 0.407. The van der Waals surface area contributed by atoms with Crippen LogP contribution in [0.4, 0.5) is 0 Å². The van der Waals surface area contributed by atoms with Gasteiger partial charge >= 0.3 is 5.97 Å². The molecule has 20 heavy (non-hydrogen) atoms. The first kappa shape index (κ1) is 16.4. The van der Waals surface area contributed by atoms with Crippen LogP contribution in [0.3, 0.4) is 0 Å². The van der Waals surface area contributed by atoms with Crippen molar-refractivity contribution in [2.45, 2.75) is 52.4 Å². The largest absolute Gasteiger partial charge is 0.466 e. The predicted molar refractivity (Wildman–Crippen MR) is 80.0 cm³/mol. The van der Waals surface area contributed by atoms with E-state index in [-0.39, 0.29) is 11.8 Å². The molecule has 0 N–H and O–H groups in total. The molecule has 0 aliphatic heterocycles. The molecule has 0 spiro atoms. The Kier molecular flexibility index (Phi) is 6.99. The average Bonchev–Trinajstić information content (AvgIpc) is 2.43. The standard InChI is InChI=1S/C17H24O3/c1-4-20-17(19)8-6-5-7-16(18)15-11-9-14(10-12-15)13(2)3/h9-13H,4-8H2,1-3H3. The summed E-state index contributed by atoms with van der Waals surface area (Å²) < 4.78 is 4.85. The molecule has 0 fully saturated rings. The molecule has 0 aromatic heterocycles. The molecule has 1 aromatic carbocycles. The molecule has 0 atom stereocenters. The Balaban J connectivity index is 2.34. The van der Waals surface area contributed by atoms with Crippen LogP contribution in [0.15, 0.2) is 24.3 Å². The maximum Gasteiger partial charge on any atom is 0.305 e. The predicted octanol–water partition coefficient (Wildman–Crippen LogP) is 4.12. The first-order valence-corrected chi connectivity index (χ1v) is 7.33. The van der Waals surface area contributed by atoms with Crippen molar-refractivity contribution in [1.82, 2.24) is 0 Å². The molecule has 0 bridgehead atoms. The highest BCUT2D eigenvalue weighted by atomic mass is 16.5. The molecule has 110 valence electrons. The number of benzene rings is 1. The summed E-state index contributed by atoms with van der Waals surface area (Å²) in [5.74, 6) is 0.439. The first-order valence-electron chi connectivity index (χ1n) is 7.33. The zero-order valence-electron chi connectivity index (χ0n) is 12.6. The van der Waals surface area contributed by atoms with Crippen LogP contribution >= 0.6 is 0 Å². The number of esters is 1. The van der Waals surface area contributed by atoms with Gasteiger partial charge in [0, 0.05) is 18.4 Å². The number of ketones is 1. The second kappa shape index (κ2) is 8.51. The lowest BCUT2D eigenvalue weighted by Crippen LogP contribution is -2.04. The van der Waals surface area contributed by atoms with Gasteiger partial charge in [0.25, 0.3) is 0 Å². The third-order valence-corrected chi connectivity index (χ3v) is 3.24. The topological polar surface area (TPSA) is 43.4 Å². The van der Waals surface area contributed by atoms with E-state index < -0.39 is 0 Å². The van der Waals surface area contributed by atoms with Crippen LogP contribution in [0.5, 0.6) is 0 Å². The van der Waals surface area contributed by atoms with Crippen LogP contribution in [0.1, 0.15) is 68.3 Å². The van der Waals surface area contributed by atoms with Crippen molar-refractivity contribution >= 4 is 11.8 Å². The molecule has 0 saturated heterocycles. The van der Waals surface area contributed by atoms with E-state index in [1.165, 1.54) is 5.56 Å². The summed E-state index contributed by atoms with van der Waals surface area (Å²) in [6.07, 6.45) is 2.31. The van der Waals surface area contributed by atoms with Crippen molar-refractivity contribution in [3.8, 4) is 0 Å². The summed E-state index contributed by atoms with van der Waals surface area (Å²) >= 11 is 0. The molecule has 3 nitrogen and oxygen atoms in total. The van der Waals surface area contributed by atoms with E-state index in [1.54, 1.807) is 6.92 Å². The minimum absolute atomic E-state index is 0.143. The molecule has 1 rings (SSSR count). The number of carbonyl (C=O) groups is 2. The Morgan fingerprint density at radius 3 is 2.20 bits per heavy atom. The smallest absolute Gasteiger partial charge is 0.305 e. The Hall–Kier alpha value is -1.64. The number of carbonyl (C=O) groups excluding carboxylic acids is 2. The summed E-state index contributed by atoms with van der Waals surface area (Å²) in [5.41, 5.74) is 1.99. The Morgan fingerprint density at radius 1 is 1.05 bits per heavy atom. The van der Waals surface area contributed by atoms with Gasteiger partial charge in [-0.1, -0.05) is 38.1 Å². The second-order valence-corrected chi connectivity index (χ2v) is 5.21. The van der Waals surface area contributed by atoms with Crippen LogP contribution < -0.4 is 0 Å². The summed E-state index contributed by atoms with van der Waals surface area (Å²) in [5, 5.41) is 0. The van der Waals surface area contributed by atoms with Crippen LogP contribution in [0.2, 0.25) is 0 Å². The van der Waals surface area contributed by atoms with Gasteiger partial charge in [0.15, 0.2) is 5.78 Å². The van der Waals surface area contributed by atoms with Gasteiger partial charge in [-0.05, 0) is 31.2 Å². The van der Waals surface area contributed by atoms with Crippen molar-refractivity contribution in [2.24, 2.45) is 0 Å². The highest BCUT2D eigenvalue weighted by Gasteiger charge is 2.08. The van der Waals surface area contributed by atoms with Crippen LogP contribution in [-0.2, 0) is 9.53 Å². The fourth-order valence-corrected chi connectivity index (χ4v) is 1.99. The fourth-order valence-electron chi connectivity index (χ4n) is 1.99. The van der Waals surface area contributed by atoms with Crippen molar-refractivity contribution in [2.75, 3.05) is 6.61 Å². The lowest BCUT2D eigenvalue weighted by Gasteiger charge is -2.06. The number of unbranched alkanes of at least 4 members (excludes halogenated alkanes) is 1. The third-order valence-electron chi connectivity index (χ3n) is 3.24. The maximum absolute atomic E-state index is 12.0. The van der Waals surface area contributed by atoms with E-state index in [0.717, 1.165) is 12.0 Å². The molecule has 0 unspecified atom stereocenters. The van der Waals surface area contributed by atoms with Crippen LogP contribution in [0, 0.1) is 0 Å². The minimum atomic E-state index is -0.179. The lowest BCUT2D eigenvalue weighted by atomic mass is 9.99. The molecule has 0 radical (unpaired) electrons. The van der Waals surface area contributed by atoms with Crippen molar-refractivity contribution in [3.63, 3.8) is 0 Å². The van der Waals surface area contributed by atoms with Crippen molar-refractivity contribution < 1.29 is 14.3 Å². The van der Waals surface area contributed by atoms with Gasteiger partial charge in [-0.3, -0.25) is 9.59 Å². The minimum Gasteiger partial charge on any atom is -0.466 e. The first-order chi connectivity index (χ1) is 9.54. The number of hydrogen-bond donors (Lipinski definition) is 0. The SMILES string of the molecule is CCOC(=O)CCCCC(=O)c1ccc(C(C)C)cc1. The second-order valence-electron chi connectivity index (χ2n) is 5.21. The summed E-state index contributed by atoms with van der Waals surface area (Å²) in [6, 6.07) is 7.80. The molecule has 0 aliphatic rings. The Bertz CT molecular complexity index is 432. The van der Waals surface area contributed by atoms with E-state index in [4.69, 9.17) is 4.74 Å². The van der Waals surface area contributed by atoms with Gasteiger partial charge in [0.1, 0.15) is 0 Å². The normalized spacial score (nSPS) is 10.6. The number of hydrogen-bond acceptors (Lipinski definition) is 3. The number of ether oxygens (including phenoxy) is 1. The number of rotatable bonds is 8. The highest BCUT2D eigenvalue weighted by molar-refractivity contribution is 5.96. The van der Waals surface area contributed by atoms with Gasteiger partial charge in [-0.25, -0.2) is 0 Å². The monoisotopic (exact) mass is 276 g/mol. The van der Waals surface area contributed by atoms with E-state index in [9.17, 15) is 9.59 Å². The van der Waals surface area contributed by atoms with E-state index >= 15 is 0 Å². The maximum atomic E-state index is 12.0. The summed E-state index contributed by atoms with van der Waals surface area (Å²) in [7, 11) is 0. The molecule has 3 heteroatoms. The summed E-state index contributed by atoms with van der Waals surface area (Å²) in [6.45, 7) is 6.47. The lowest BCUT2D eigenvalue weighted by molar-refractivity contribution is -0.143. The van der Waals surface area contributed by atoms with E-state index in [0.29, 0.717) is 31.8 Å². The van der Waals surface area contributed by atoms with Crippen LogP contribution in [-0.4, -0.2) is 18.4 Å². The van der Waals surface area contributed by atoms with Gasteiger partial charge in [0.2, 0.25) is 0 Å². The average molecular weight is 276 g/mol. The van der Waals surface area contributed by atoms with Crippen LogP contribution in [0.25, 0.3) is 0 Å². The van der Waals surface area contributed by atoms with Gasteiger partial charge < -0.3 is 4.74 Å².